The van der Waals surface area contributed by atoms with Crippen LogP contribution in [0.4, 0.5) is 0 Å². The Balaban J connectivity index is 1.80. The third kappa shape index (κ3) is 4.72. The Morgan fingerprint density at radius 3 is 2.95 bits per heavy atom. The predicted octanol–water partition coefficient (Wildman–Crippen LogP) is 3.36. The summed E-state index contributed by atoms with van der Waals surface area (Å²) in [6, 6.07) is 7.77. The topological polar surface area (TPSA) is 49.3 Å². The molecule has 116 valence electrons. The van der Waals surface area contributed by atoms with Crippen molar-refractivity contribution in [1.29, 1.82) is 0 Å². The largest absolute Gasteiger partial charge is 0.396 e. The summed E-state index contributed by atoms with van der Waals surface area (Å²) < 4.78 is 0. The number of amides is 1. The minimum Gasteiger partial charge on any atom is -0.396 e. The van der Waals surface area contributed by atoms with E-state index in [4.69, 9.17) is 16.7 Å². The smallest absolute Gasteiger partial charge is 0.223 e. The van der Waals surface area contributed by atoms with E-state index in [1.807, 2.05) is 24.3 Å². The zero-order valence-electron chi connectivity index (χ0n) is 12.5. The van der Waals surface area contributed by atoms with Crippen LogP contribution in [0.1, 0.15) is 44.1 Å². The summed E-state index contributed by atoms with van der Waals surface area (Å²) in [6.45, 7) is 2.99. The van der Waals surface area contributed by atoms with Crippen molar-refractivity contribution in [3.05, 3.63) is 34.9 Å². The van der Waals surface area contributed by atoms with E-state index in [2.05, 4.69) is 12.2 Å². The lowest BCUT2D eigenvalue weighted by atomic mass is 10.00. The molecule has 21 heavy (non-hydrogen) atoms. The van der Waals surface area contributed by atoms with Crippen molar-refractivity contribution in [2.24, 2.45) is 11.8 Å². The van der Waals surface area contributed by atoms with Crippen molar-refractivity contribution in [2.75, 3.05) is 13.2 Å². The summed E-state index contributed by atoms with van der Waals surface area (Å²) in [5.41, 5.74) is 1.16. The fourth-order valence-electron chi connectivity index (χ4n) is 2.91. The van der Waals surface area contributed by atoms with Crippen molar-refractivity contribution in [3.8, 4) is 0 Å². The number of hydrogen-bond donors (Lipinski definition) is 2. The summed E-state index contributed by atoms with van der Waals surface area (Å²) in [5.74, 6) is 0.914. The molecule has 4 heteroatoms. The fraction of sp³-hybridized carbons (Fsp3) is 0.588. The second-order valence-electron chi connectivity index (χ2n) is 5.92. The average molecular weight is 310 g/mol. The van der Waals surface area contributed by atoms with Crippen LogP contribution in [0.5, 0.6) is 0 Å². The monoisotopic (exact) mass is 309 g/mol. The standard InChI is InChI=1S/C17H24ClNO2/c1-2-4-12(7-8-20)11-19-17(21)16-10-15(16)13-5-3-6-14(18)9-13/h3,5-6,9,12,15-16,20H,2,4,7-8,10-11H2,1H3,(H,19,21). The van der Waals surface area contributed by atoms with Gasteiger partial charge in [0.05, 0.1) is 0 Å². The first-order chi connectivity index (χ1) is 10.2. The zero-order valence-corrected chi connectivity index (χ0v) is 13.3. The maximum Gasteiger partial charge on any atom is 0.223 e. The molecular formula is C17H24ClNO2. The number of aliphatic hydroxyl groups is 1. The van der Waals surface area contributed by atoms with Gasteiger partial charge in [0.25, 0.3) is 0 Å². The Hall–Kier alpha value is -1.06. The Morgan fingerprint density at radius 2 is 2.29 bits per heavy atom. The molecule has 1 aliphatic carbocycles. The summed E-state index contributed by atoms with van der Waals surface area (Å²) in [4.78, 5) is 12.2. The van der Waals surface area contributed by atoms with E-state index >= 15 is 0 Å². The van der Waals surface area contributed by atoms with Gasteiger partial charge in [-0.25, -0.2) is 0 Å². The van der Waals surface area contributed by atoms with E-state index in [-0.39, 0.29) is 18.4 Å². The quantitative estimate of drug-likeness (QED) is 0.773. The molecule has 1 amide bonds. The molecule has 0 aromatic heterocycles. The number of halogens is 1. The first kappa shape index (κ1) is 16.3. The number of aliphatic hydroxyl groups excluding tert-OH is 1. The summed E-state index contributed by atoms with van der Waals surface area (Å²) in [6.07, 6.45) is 3.79. The van der Waals surface area contributed by atoms with Crippen LogP contribution in [0.3, 0.4) is 0 Å². The number of nitrogens with one attached hydrogen (secondary N) is 1. The van der Waals surface area contributed by atoms with Gasteiger partial charge in [0.15, 0.2) is 0 Å². The Bertz CT molecular complexity index is 472. The van der Waals surface area contributed by atoms with Gasteiger partial charge in [-0.2, -0.15) is 0 Å². The normalized spacial score (nSPS) is 21.9. The van der Waals surface area contributed by atoms with Crippen molar-refractivity contribution in [2.45, 2.75) is 38.5 Å². The molecule has 2 rings (SSSR count). The maximum atomic E-state index is 12.2. The van der Waals surface area contributed by atoms with Gasteiger partial charge >= 0.3 is 0 Å². The molecule has 0 radical (unpaired) electrons. The molecule has 0 spiro atoms. The predicted molar refractivity (Wildman–Crippen MR) is 85.4 cm³/mol. The molecule has 1 saturated carbocycles. The minimum absolute atomic E-state index is 0.0832. The zero-order chi connectivity index (χ0) is 15.2. The molecule has 0 heterocycles. The van der Waals surface area contributed by atoms with Crippen LogP contribution in [0.25, 0.3) is 0 Å². The molecular weight excluding hydrogens is 286 g/mol. The highest BCUT2D eigenvalue weighted by atomic mass is 35.5. The fourth-order valence-corrected chi connectivity index (χ4v) is 3.10. The third-order valence-electron chi connectivity index (χ3n) is 4.20. The Kier molecular flexibility index (Phi) is 6.07. The van der Waals surface area contributed by atoms with Gasteiger partial charge < -0.3 is 10.4 Å². The molecule has 0 bridgehead atoms. The minimum atomic E-state index is 0.0832. The second kappa shape index (κ2) is 7.81. The van der Waals surface area contributed by atoms with Crippen LogP contribution in [0.2, 0.25) is 5.02 Å². The summed E-state index contributed by atoms with van der Waals surface area (Å²) in [5, 5.41) is 12.8. The van der Waals surface area contributed by atoms with E-state index in [9.17, 15) is 4.79 Å². The molecule has 0 saturated heterocycles. The van der Waals surface area contributed by atoms with E-state index in [1.54, 1.807) is 0 Å². The lowest BCUT2D eigenvalue weighted by Gasteiger charge is -2.15. The van der Waals surface area contributed by atoms with Crippen molar-refractivity contribution >= 4 is 17.5 Å². The highest BCUT2D eigenvalue weighted by Crippen LogP contribution is 2.47. The number of carbonyl (C=O) groups excluding carboxylic acids is 1. The van der Waals surface area contributed by atoms with Gasteiger partial charge in [-0.15, -0.1) is 0 Å². The summed E-state index contributed by atoms with van der Waals surface area (Å²) >= 11 is 5.99. The van der Waals surface area contributed by atoms with Crippen LogP contribution >= 0.6 is 11.6 Å². The molecule has 3 nitrogen and oxygen atoms in total. The third-order valence-corrected chi connectivity index (χ3v) is 4.44. The number of carbonyl (C=O) groups is 1. The van der Waals surface area contributed by atoms with Gasteiger partial charge in [0.1, 0.15) is 0 Å². The Morgan fingerprint density at radius 1 is 1.48 bits per heavy atom. The van der Waals surface area contributed by atoms with Gasteiger partial charge in [0.2, 0.25) is 5.91 Å². The van der Waals surface area contributed by atoms with Crippen molar-refractivity contribution in [3.63, 3.8) is 0 Å². The van der Waals surface area contributed by atoms with Gasteiger partial charge in [-0.3, -0.25) is 4.79 Å². The summed E-state index contributed by atoms with van der Waals surface area (Å²) in [7, 11) is 0. The van der Waals surface area contributed by atoms with Crippen LogP contribution in [0, 0.1) is 11.8 Å². The van der Waals surface area contributed by atoms with Gasteiger partial charge in [0, 0.05) is 24.1 Å². The van der Waals surface area contributed by atoms with Crippen molar-refractivity contribution < 1.29 is 9.90 Å². The van der Waals surface area contributed by atoms with Crippen LogP contribution < -0.4 is 5.32 Å². The lowest BCUT2D eigenvalue weighted by molar-refractivity contribution is -0.122. The molecule has 2 N–H and O–H groups in total. The lowest BCUT2D eigenvalue weighted by Crippen LogP contribution is -2.31. The molecule has 1 fully saturated rings. The maximum absolute atomic E-state index is 12.2. The van der Waals surface area contributed by atoms with E-state index < -0.39 is 0 Å². The second-order valence-corrected chi connectivity index (χ2v) is 6.35. The molecule has 3 unspecified atom stereocenters. The van der Waals surface area contributed by atoms with Crippen LogP contribution in [-0.2, 0) is 4.79 Å². The highest BCUT2D eigenvalue weighted by Gasteiger charge is 2.43. The number of benzene rings is 1. The highest BCUT2D eigenvalue weighted by molar-refractivity contribution is 6.30. The molecule has 1 aromatic rings. The van der Waals surface area contributed by atoms with E-state index in [0.29, 0.717) is 18.4 Å². The first-order valence-electron chi connectivity index (χ1n) is 7.79. The number of rotatable bonds is 8. The molecule has 1 aromatic carbocycles. The molecule has 1 aliphatic rings. The van der Waals surface area contributed by atoms with Gasteiger partial charge in [-0.05, 0) is 48.8 Å². The Labute approximate surface area is 131 Å². The van der Waals surface area contributed by atoms with Crippen LogP contribution in [-0.4, -0.2) is 24.2 Å². The van der Waals surface area contributed by atoms with E-state index in [0.717, 1.165) is 36.3 Å². The average Bonchev–Trinajstić information content (AvgIpc) is 3.25. The van der Waals surface area contributed by atoms with Gasteiger partial charge in [-0.1, -0.05) is 37.1 Å². The number of hydrogen-bond acceptors (Lipinski definition) is 2. The van der Waals surface area contributed by atoms with E-state index in [1.165, 1.54) is 0 Å². The SMILES string of the molecule is CCCC(CCO)CNC(=O)C1CC1c1cccc(Cl)c1. The first-order valence-corrected chi connectivity index (χ1v) is 8.17. The molecule has 0 aliphatic heterocycles. The van der Waals surface area contributed by atoms with Crippen LogP contribution in [0.15, 0.2) is 24.3 Å². The van der Waals surface area contributed by atoms with Crippen molar-refractivity contribution in [1.82, 2.24) is 5.32 Å². The molecule has 3 atom stereocenters.